The van der Waals surface area contributed by atoms with Crippen LogP contribution >= 0.6 is 0 Å². The lowest BCUT2D eigenvalue weighted by molar-refractivity contribution is 0.0693. The highest BCUT2D eigenvalue weighted by Crippen LogP contribution is 2.43. The molecule has 1 fully saturated rings. The van der Waals surface area contributed by atoms with Gasteiger partial charge in [0.25, 0.3) is 0 Å². The van der Waals surface area contributed by atoms with Crippen LogP contribution in [0.15, 0.2) is 41.5 Å². The molecule has 1 heterocycles. The topological polar surface area (TPSA) is 88.8 Å². The summed E-state index contributed by atoms with van der Waals surface area (Å²) in [6, 6.07) is 7.90. The van der Waals surface area contributed by atoms with E-state index in [2.05, 4.69) is 0 Å². The summed E-state index contributed by atoms with van der Waals surface area (Å²) in [5.74, 6) is -1.09. The van der Waals surface area contributed by atoms with E-state index in [0.717, 1.165) is 37.0 Å². The van der Waals surface area contributed by atoms with Gasteiger partial charge < -0.3 is 19.5 Å². The van der Waals surface area contributed by atoms with Crippen molar-refractivity contribution in [1.82, 2.24) is 4.57 Å². The van der Waals surface area contributed by atoms with Gasteiger partial charge in [-0.15, -0.1) is 0 Å². The molecule has 0 radical (unpaired) electrons. The highest BCUT2D eigenvalue weighted by molar-refractivity contribution is 5.87. The smallest absolute Gasteiger partial charge is 0.341 e. The molecule has 2 aromatic rings. The Morgan fingerprint density at radius 1 is 1.20 bits per heavy atom. The first kappa shape index (κ1) is 17.1. The van der Waals surface area contributed by atoms with Crippen LogP contribution in [0.25, 0.3) is 0 Å². The zero-order valence-electron chi connectivity index (χ0n) is 14.1. The first-order valence-corrected chi connectivity index (χ1v) is 8.26. The van der Waals surface area contributed by atoms with Crippen LogP contribution < -0.4 is 10.2 Å². The molecule has 0 atom stereocenters. The predicted molar refractivity (Wildman–Crippen MR) is 92.5 cm³/mol. The summed E-state index contributed by atoms with van der Waals surface area (Å²) in [5.41, 5.74) is -0.263. The number of ether oxygens (including phenoxy) is 1. The Labute approximate surface area is 145 Å². The van der Waals surface area contributed by atoms with Gasteiger partial charge in [0.2, 0.25) is 5.43 Å². The average molecular weight is 343 g/mol. The lowest BCUT2D eigenvalue weighted by Crippen LogP contribution is -2.29. The number of carbonyl (C=O) groups is 1. The third-order valence-corrected chi connectivity index (χ3v) is 5.04. The van der Waals surface area contributed by atoms with Gasteiger partial charge in [0.05, 0.1) is 7.11 Å². The molecule has 0 unspecified atom stereocenters. The van der Waals surface area contributed by atoms with E-state index in [4.69, 9.17) is 4.74 Å². The van der Waals surface area contributed by atoms with Gasteiger partial charge in [-0.1, -0.05) is 25.0 Å². The molecule has 0 amide bonds. The number of carboxylic acids is 1. The first-order chi connectivity index (χ1) is 11.9. The number of rotatable bonds is 5. The van der Waals surface area contributed by atoms with Crippen LogP contribution in [0.4, 0.5) is 0 Å². The fraction of sp³-hybridized carbons (Fsp3) is 0.368. The maximum absolute atomic E-state index is 11.8. The molecule has 1 aliphatic carbocycles. The zero-order valence-corrected chi connectivity index (χ0v) is 14.1. The van der Waals surface area contributed by atoms with Gasteiger partial charge in [0, 0.05) is 24.4 Å². The van der Waals surface area contributed by atoms with Crippen LogP contribution in [0.5, 0.6) is 11.5 Å². The summed E-state index contributed by atoms with van der Waals surface area (Å²) >= 11 is 0. The van der Waals surface area contributed by atoms with E-state index in [1.165, 1.54) is 12.4 Å². The maximum Gasteiger partial charge on any atom is 0.341 e. The van der Waals surface area contributed by atoms with Crippen molar-refractivity contribution in [1.29, 1.82) is 0 Å². The second-order valence-corrected chi connectivity index (χ2v) is 6.58. The number of aromatic nitrogens is 1. The Kier molecular flexibility index (Phi) is 4.53. The van der Waals surface area contributed by atoms with Gasteiger partial charge in [0.15, 0.2) is 5.75 Å². The molecule has 6 nitrogen and oxygen atoms in total. The number of methoxy groups -OCH3 is 1. The molecule has 25 heavy (non-hydrogen) atoms. The number of carboxylic acid groups (broad SMARTS) is 1. The van der Waals surface area contributed by atoms with Crippen molar-refractivity contribution >= 4 is 5.97 Å². The standard InChI is InChI=1S/C19H21NO5/c1-25-14-6-4-13(5-7-14)19(8-2-3-9-19)12-20-10-15(18(23)24)17(22)16(21)11-20/h4-7,10-11,21H,2-3,8-9,12H2,1H3,(H,23,24). The number of benzene rings is 1. The first-order valence-electron chi connectivity index (χ1n) is 8.26. The fourth-order valence-corrected chi connectivity index (χ4v) is 3.74. The monoisotopic (exact) mass is 343 g/mol. The van der Waals surface area contributed by atoms with Crippen LogP contribution in [0.2, 0.25) is 0 Å². The Morgan fingerprint density at radius 2 is 1.84 bits per heavy atom. The van der Waals surface area contributed by atoms with E-state index in [9.17, 15) is 19.8 Å². The van der Waals surface area contributed by atoms with Gasteiger partial charge in [-0.05, 0) is 30.5 Å². The molecular formula is C19H21NO5. The number of aromatic hydroxyl groups is 1. The van der Waals surface area contributed by atoms with E-state index in [0.29, 0.717) is 6.54 Å². The molecule has 1 aromatic heterocycles. The lowest BCUT2D eigenvalue weighted by atomic mass is 9.78. The molecule has 2 N–H and O–H groups in total. The Bertz CT molecular complexity index is 832. The molecule has 1 saturated carbocycles. The summed E-state index contributed by atoms with van der Waals surface area (Å²) < 4.78 is 6.84. The minimum absolute atomic E-state index is 0.149. The molecule has 0 saturated heterocycles. The third-order valence-electron chi connectivity index (χ3n) is 5.04. The van der Waals surface area contributed by atoms with Crippen molar-refractivity contribution in [3.05, 3.63) is 58.0 Å². The molecule has 132 valence electrons. The number of pyridine rings is 1. The van der Waals surface area contributed by atoms with Crippen molar-refractivity contribution in [3.8, 4) is 11.5 Å². The molecule has 0 bridgehead atoms. The van der Waals surface area contributed by atoms with E-state index in [1.54, 1.807) is 11.7 Å². The van der Waals surface area contributed by atoms with Gasteiger partial charge in [-0.25, -0.2) is 4.79 Å². The van der Waals surface area contributed by atoms with E-state index < -0.39 is 22.7 Å². The summed E-state index contributed by atoms with van der Waals surface area (Å²) in [7, 11) is 1.62. The van der Waals surface area contributed by atoms with Crippen LogP contribution in [0, 0.1) is 0 Å². The minimum Gasteiger partial charge on any atom is -0.503 e. The normalized spacial score (nSPS) is 15.9. The van der Waals surface area contributed by atoms with E-state index in [-0.39, 0.29) is 5.41 Å². The highest BCUT2D eigenvalue weighted by Gasteiger charge is 2.36. The highest BCUT2D eigenvalue weighted by atomic mass is 16.5. The van der Waals surface area contributed by atoms with Crippen molar-refractivity contribution in [3.63, 3.8) is 0 Å². The van der Waals surface area contributed by atoms with Crippen molar-refractivity contribution in [2.24, 2.45) is 0 Å². The Morgan fingerprint density at radius 3 is 2.40 bits per heavy atom. The molecule has 0 spiro atoms. The van der Waals surface area contributed by atoms with Gasteiger partial charge >= 0.3 is 5.97 Å². The summed E-state index contributed by atoms with van der Waals surface area (Å²) in [4.78, 5) is 23.0. The van der Waals surface area contributed by atoms with Crippen LogP contribution in [0.1, 0.15) is 41.6 Å². The summed E-state index contributed by atoms with van der Waals surface area (Å²) in [5, 5.41) is 19.0. The Balaban J connectivity index is 2.00. The second-order valence-electron chi connectivity index (χ2n) is 6.58. The quantitative estimate of drug-likeness (QED) is 0.871. The maximum atomic E-state index is 11.8. The lowest BCUT2D eigenvalue weighted by Gasteiger charge is -2.31. The van der Waals surface area contributed by atoms with Crippen molar-refractivity contribution < 1.29 is 19.7 Å². The number of hydrogen-bond donors (Lipinski definition) is 2. The van der Waals surface area contributed by atoms with Gasteiger partial charge in [-0.2, -0.15) is 0 Å². The van der Waals surface area contributed by atoms with Gasteiger partial charge in [-0.3, -0.25) is 4.79 Å². The summed E-state index contributed by atoms with van der Waals surface area (Å²) in [6.45, 7) is 0.507. The molecule has 1 aromatic carbocycles. The number of hydrogen-bond acceptors (Lipinski definition) is 4. The number of aromatic carboxylic acids is 1. The predicted octanol–water partition coefficient (Wildman–Crippen LogP) is 2.77. The molecule has 3 rings (SSSR count). The molecular weight excluding hydrogens is 322 g/mol. The second kappa shape index (κ2) is 6.63. The third kappa shape index (κ3) is 3.24. The largest absolute Gasteiger partial charge is 0.503 e. The Hall–Kier alpha value is -2.76. The minimum atomic E-state index is -1.33. The van der Waals surface area contributed by atoms with Gasteiger partial charge in [0.1, 0.15) is 11.3 Å². The van der Waals surface area contributed by atoms with Crippen molar-refractivity contribution in [2.75, 3.05) is 7.11 Å². The molecule has 1 aliphatic rings. The fourth-order valence-electron chi connectivity index (χ4n) is 3.74. The summed E-state index contributed by atoms with van der Waals surface area (Å²) in [6.07, 6.45) is 6.74. The van der Waals surface area contributed by atoms with Crippen molar-refractivity contribution in [2.45, 2.75) is 37.6 Å². The van der Waals surface area contributed by atoms with E-state index in [1.807, 2.05) is 24.3 Å². The number of nitrogens with zero attached hydrogens (tertiary/aromatic N) is 1. The molecule has 0 aliphatic heterocycles. The zero-order chi connectivity index (χ0) is 18.0. The van der Waals surface area contributed by atoms with E-state index >= 15 is 0 Å². The van der Waals surface area contributed by atoms with Crippen LogP contribution in [-0.2, 0) is 12.0 Å². The SMILES string of the molecule is COc1ccc(C2(Cn3cc(O)c(=O)c(C(=O)O)c3)CCCC2)cc1. The molecule has 6 heteroatoms. The van der Waals surface area contributed by atoms with Crippen LogP contribution in [0.3, 0.4) is 0 Å². The van der Waals surface area contributed by atoms with Crippen LogP contribution in [-0.4, -0.2) is 27.9 Å². The average Bonchev–Trinajstić information content (AvgIpc) is 3.07.